The third-order valence-electron chi connectivity index (χ3n) is 3.12. The lowest BCUT2D eigenvalue weighted by Crippen LogP contribution is -2.34. The van der Waals surface area contributed by atoms with E-state index in [9.17, 15) is 0 Å². The fraction of sp³-hybridized carbons (Fsp3) is 0.727. The smallest absolute Gasteiger partial charge is 0.126 e. The van der Waals surface area contributed by atoms with Gasteiger partial charge in [-0.1, -0.05) is 26.2 Å². The van der Waals surface area contributed by atoms with Crippen LogP contribution in [0.3, 0.4) is 0 Å². The normalized spacial score (nSPS) is 20.1. The highest BCUT2D eigenvalue weighted by Crippen LogP contribution is 2.34. The fourth-order valence-electron chi connectivity index (χ4n) is 2.25. The highest BCUT2D eigenvalue weighted by molar-refractivity contribution is 5.12. The van der Waals surface area contributed by atoms with Crippen LogP contribution in [0.15, 0.2) is 6.20 Å². The maximum atomic E-state index is 6.30. The average Bonchev–Trinajstić information content (AvgIpc) is 2.75. The molecule has 1 aromatic heterocycles. The molecule has 1 aliphatic rings. The number of nitrogens with two attached hydrogens (primary N) is 1. The summed E-state index contributed by atoms with van der Waals surface area (Å²) in [6, 6.07) is 0. The predicted molar refractivity (Wildman–Crippen MR) is 56.9 cm³/mol. The van der Waals surface area contributed by atoms with Crippen molar-refractivity contribution in [3.05, 3.63) is 17.7 Å². The Hall–Kier alpha value is -0.830. The summed E-state index contributed by atoms with van der Waals surface area (Å²) in [5, 5.41) is 0. The zero-order valence-corrected chi connectivity index (χ0v) is 8.84. The van der Waals surface area contributed by atoms with Crippen LogP contribution in [0.2, 0.25) is 0 Å². The van der Waals surface area contributed by atoms with Crippen molar-refractivity contribution in [2.75, 3.05) is 0 Å². The van der Waals surface area contributed by atoms with Crippen LogP contribution in [0.4, 0.5) is 0 Å². The van der Waals surface area contributed by atoms with Crippen LogP contribution in [0.1, 0.15) is 50.5 Å². The first-order valence-electron chi connectivity index (χ1n) is 5.58. The Bertz CT molecular complexity index is 297. The molecule has 0 atom stereocenters. The molecule has 1 saturated carbocycles. The van der Waals surface area contributed by atoms with Gasteiger partial charge < -0.3 is 10.7 Å². The molecule has 3 nitrogen and oxygen atoms in total. The molecule has 1 fully saturated rings. The molecule has 78 valence electrons. The molecule has 0 amide bonds. The molecule has 1 heterocycles. The zero-order valence-electron chi connectivity index (χ0n) is 8.84. The van der Waals surface area contributed by atoms with Gasteiger partial charge in [0.25, 0.3) is 0 Å². The number of aryl methyl sites for hydroxylation is 1. The lowest BCUT2D eigenvalue weighted by molar-refractivity contribution is 0.435. The molecular formula is C11H19N3. The molecule has 0 bridgehead atoms. The van der Waals surface area contributed by atoms with Gasteiger partial charge in [-0.3, -0.25) is 0 Å². The van der Waals surface area contributed by atoms with E-state index in [1.165, 1.54) is 18.5 Å². The second kappa shape index (κ2) is 3.73. The number of nitrogens with one attached hydrogen (secondary N) is 1. The first kappa shape index (κ1) is 9.71. The third-order valence-corrected chi connectivity index (χ3v) is 3.12. The van der Waals surface area contributed by atoms with E-state index in [1.54, 1.807) is 0 Å². The van der Waals surface area contributed by atoms with E-state index in [2.05, 4.69) is 16.9 Å². The molecule has 0 aliphatic heterocycles. The molecule has 0 spiro atoms. The number of hydrogen-bond donors (Lipinski definition) is 2. The minimum Gasteiger partial charge on any atom is -0.344 e. The van der Waals surface area contributed by atoms with Crippen LogP contribution in [0.25, 0.3) is 0 Å². The number of imidazole rings is 1. The number of aromatic nitrogens is 2. The van der Waals surface area contributed by atoms with E-state index in [0.717, 1.165) is 31.5 Å². The Kier molecular flexibility index (Phi) is 2.59. The number of H-pyrrole nitrogens is 1. The molecular weight excluding hydrogens is 174 g/mol. The Morgan fingerprint density at radius 3 is 2.86 bits per heavy atom. The highest BCUT2D eigenvalue weighted by atomic mass is 15.0. The summed E-state index contributed by atoms with van der Waals surface area (Å²) in [6.07, 6.45) is 8.78. The summed E-state index contributed by atoms with van der Waals surface area (Å²) in [7, 11) is 0. The van der Waals surface area contributed by atoms with Crippen molar-refractivity contribution >= 4 is 0 Å². The second-order valence-corrected chi connectivity index (χ2v) is 4.37. The van der Waals surface area contributed by atoms with Gasteiger partial charge in [-0.15, -0.1) is 0 Å². The van der Waals surface area contributed by atoms with Crippen LogP contribution in [-0.2, 0) is 12.0 Å². The summed E-state index contributed by atoms with van der Waals surface area (Å²) in [6.45, 7) is 2.17. The van der Waals surface area contributed by atoms with E-state index in [-0.39, 0.29) is 5.54 Å². The summed E-state index contributed by atoms with van der Waals surface area (Å²) in [5.74, 6) is 0.999. The van der Waals surface area contributed by atoms with Crippen molar-refractivity contribution in [3.8, 4) is 0 Å². The van der Waals surface area contributed by atoms with Crippen molar-refractivity contribution in [1.82, 2.24) is 9.97 Å². The molecule has 0 saturated heterocycles. The van der Waals surface area contributed by atoms with Crippen molar-refractivity contribution in [3.63, 3.8) is 0 Å². The van der Waals surface area contributed by atoms with Gasteiger partial charge in [0.05, 0.1) is 5.54 Å². The van der Waals surface area contributed by atoms with Gasteiger partial charge in [-0.2, -0.15) is 0 Å². The highest BCUT2D eigenvalue weighted by Gasteiger charge is 2.33. The fourth-order valence-corrected chi connectivity index (χ4v) is 2.25. The van der Waals surface area contributed by atoms with Crippen LogP contribution in [-0.4, -0.2) is 9.97 Å². The monoisotopic (exact) mass is 193 g/mol. The third kappa shape index (κ3) is 1.69. The van der Waals surface area contributed by atoms with E-state index >= 15 is 0 Å². The van der Waals surface area contributed by atoms with Gasteiger partial charge in [0, 0.05) is 11.9 Å². The van der Waals surface area contributed by atoms with Crippen LogP contribution >= 0.6 is 0 Å². The molecule has 0 radical (unpaired) electrons. The molecule has 14 heavy (non-hydrogen) atoms. The van der Waals surface area contributed by atoms with E-state index in [1.807, 2.05) is 6.20 Å². The Morgan fingerprint density at radius 2 is 2.21 bits per heavy atom. The number of hydrogen-bond acceptors (Lipinski definition) is 2. The maximum Gasteiger partial charge on any atom is 0.126 e. The number of nitrogens with zero attached hydrogens (tertiary/aromatic N) is 1. The molecule has 1 aliphatic carbocycles. The van der Waals surface area contributed by atoms with Gasteiger partial charge in [0.15, 0.2) is 0 Å². The Labute approximate surface area is 85.1 Å². The molecule has 3 N–H and O–H groups in total. The van der Waals surface area contributed by atoms with Crippen molar-refractivity contribution in [2.24, 2.45) is 5.73 Å². The molecule has 0 aromatic carbocycles. The average molecular weight is 193 g/mol. The van der Waals surface area contributed by atoms with Gasteiger partial charge in [0.2, 0.25) is 0 Å². The minimum absolute atomic E-state index is 0.161. The number of aromatic amines is 1. The zero-order chi connectivity index (χ0) is 10.0. The lowest BCUT2D eigenvalue weighted by Gasteiger charge is -2.20. The lowest BCUT2D eigenvalue weighted by atomic mass is 9.99. The largest absolute Gasteiger partial charge is 0.344 e. The van der Waals surface area contributed by atoms with Crippen LogP contribution in [0.5, 0.6) is 0 Å². The minimum atomic E-state index is -0.161. The quantitative estimate of drug-likeness (QED) is 0.772. The van der Waals surface area contributed by atoms with E-state index in [0.29, 0.717) is 0 Å². The standard InChI is InChI=1S/C11H19N3/c1-2-5-9-8-13-10(14-9)11(12)6-3-4-7-11/h8H,2-7,12H2,1H3,(H,13,14). The van der Waals surface area contributed by atoms with Crippen molar-refractivity contribution < 1.29 is 0 Å². The Morgan fingerprint density at radius 1 is 1.50 bits per heavy atom. The molecule has 0 unspecified atom stereocenters. The van der Waals surface area contributed by atoms with Crippen LogP contribution in [0, 0.1) is 0 Å². The summed E-state index contributed by atoms with van der Waals surface area (Å²) < 4.78 is 0. The van der Waals surface area contributed by atoms with Crippen molar-refractivity contribution in [2.45, 2.75) is 51.0 Å². The van der Waals surface area contributed by atoms with Gasteiger partial charge in [-0.25, -0.2) is 4.98 Å². The molecule has 2 rings (SSSR count). The van der Waals surface area contributed by atoms with Gasteiger partial charge in [0.1, 0.15) is 5.82 Å². The van der Waals surface area contributed by atoms with Crippen LogP contribution < -0.4 is 5.73 Å². The summed E-state index contributed by atoms with van der Waals surface area (Å²) in [4.78, 5) is 7.77. The van der Waals surface area contributed by atoms with E-state index in [4.69, 9.17) is 5.73 Å². The summed E-state index contributed by atoms with van der Waals surface area (Å²) >= 11 is 0. The predicted octanol–water partition coefficient (Wildman–Crippen LogP) is 2.09. The first-order chi connectivity index (χ1) is 6.74. The van der Waals surface area contributed by atoms with Crippen molar-refractivity contribution in [1.29, 1.82) is 0 Å². The first-order valence-corrected chi connectivity index (χ1v) is 5.58. The summed E-state index contributed by atoms with van der Waals surface area (Å²) in [5.41, 5.74) is 7.36. The molecule has 1 aromatic rings. The van der Waals surface area contributed by atoms with Gasteiger partial charge >= 0.3 is 0 Å². The number of rotatable bonds is 3. The second-order valence-electron chi connectivity index (χ2n) is 4.37. The Balaban J connectivity index is 2.15. The maximum absolute atomic E-state index is 6.30. The molecule has 3 heteroatoms. The van der Waals surface area contributed by atoms with Gasteiger partial charge in [-0.05, 0) is 19.3 Å². The van der Waals surface area contributed by atoms with E-state index < -0.39 is 0 Å². The SMILES string of the molecule is CCCc1cnc(C2(N)CCCC2)[nH]1. The topological polar surface area (TPSA) is 54.7 Å².